The number of rotatable bonds is 1. The molecule has 0 amide bonds. The summed E-state index contributed by atoms with van der Waals surface area (Å²) in [6, 6.07) is 22.3. The molecule has 0 N–H and O–H groups in total. The van der Waals surface area contributed by atoms with E-state index in [1.54, 1.807) is 0 Å². The number of pyridine rings is 1. The smallest absolute Gasteiger partial charge is 0.0710 e. The minimum atomic E-state index is 0.139. The van der Waals surface area contributed by atoms with Crippen molar-refractivity contribution in [3.05, 3.63) is 78.0 Å². The third-order valence-electron chi connectivity index (χ3n) is 5.70. The fourth-order valence-electron chi connectivity index (χ4n) is 4.32. The summed E-state index contributed by atoms with van der Waals surface area (Å²) in [5, 5.41) is 7.98. The highest BCUT2D eigenvalue weighted by molar-refractivity contribution is 6.25. The first-order chi connectivity index (χ1) is 12.9. The lowest BCUT2D eigenvalue weighted by Gasteiger charge is -2.22. The van der Waals surface area contributed by atoms with Crippen molar-refractivity contribution in [3.63, 3.8) is 0 Å². The molecule has 5 rings (SSSR count). The molecule has 1 nitrogen and oxygen atoms in total. The van der Waals surface area contributed by atoms with Gasteiger partial charge in [-0.2, -0.15) is 0 Å². The predicted octanol–water partition coefficient (Wildman–Crippen LogP) is 7.25. The van der Waals surface area contributed by atoms with Gasteiger partial charge in [0.05, 0.1) is 5.69 Å². The Morgan fingerprint density at radius 2 is 1.41 bits per heavy atom. The zero-order chi connectivity index (χ0) is 18.8. The molecule has 0 saturated carbocycles. The monoisotopic (exact) mass is 349 g/mol. The van der Waals surface area contributed by atoms with Gasteiger partial charge in [-0.15, -0.1) is 0 Å². The molecule has 132 valence electrons. The zero-order valence-corrected chi connectivity index (χ0v) is 16.3. The van der Waals surface area contributed by atoms with Crippen molar-refractivity contribution >= 4 is 32.3 Å². The third-order valence-corrected chi connectivity index (χ3v) is 5.70. The van der Waals surface area contributed by atoms with E-state index < -0.39 is 0 Å². The summed E-state index contributed by atoms with van der Waals surface area (Å²) in [5.41, 5.74) is 5.09. The van der Waals surface area contributed by atoms with Gasteiger partial charge in [0.25, 0.3) is 0 Å². The van der Waals surface area contributed by atoms with Crippen LogP contribution in [0.4, 0.5) is 0 Å². The van der Waals surface area contributed by atoms with E-state index in [1.807, 2.05) is 12.3 Å². The quantitative estimate of drug-likeness (QED) is 0.290. The van der Waals surface area contributed by atoms with Gasteiger partial charge in [0.1, 0.15) is 0 Å². The lowest BCUT2D eigenvalue weighted by molar-refractivity contribution is 0.591. The summed E-state index contributed by atoms with van der Waals surface area (Å²) >= 11 is 0. The Hall–Kier alpha value is -2.93. The molecular formula is C26H23N. The van der Waals surface area contributed by atoms with Crippen LogP contribution in [0.3, 0.4) is 0 Å². The van der Waals surface area contributed by atoms with E-state index in [1.165, 1.54) is 49.0 Å². The summed E-state index contributed by atoms with van der Waals surface area (Å²) < 4.78 is 0. The third kappa shape index (κ3) is 2.42. The molecule has 0 atom stereocenters. The highest BCUT2D eigenvalue weighted by Crippen LogP contribution is 2.41. The second-order valence-electron chi connectivity index (χ2n) is 8.61. The molecule has 27 heavy (non-hydrogen) atoms. The molecule has 5 aromatic rings. The zero-order valence-electron chi connectivity index (χ0n) is 16.3. The lowest BCUT2D eigenvalue weighted by Crippen LogP contribution is -2.10. The molecule has 0 radical (unpaired) electrons. The number of hydrogen-bond donors (Lipinski definition) is 0. The number of nitrogens with zero attached hydrogens (tertiary/aromatic N) is 1. The first-order valence-electron chi connectivity index (χ1n) is 9.57. The Kier molecular flexibility index (Phi) is 3.33. The topological polar surface area (TPSA) is 12.9 Å². The van der Waals surface area contributed by atoms with E-state index in [2.05, 4.69) is 87.3 Å². The van der Waals surface area contributed by atoms with Crippen molar-refractivity contribution < 1.29 is 0 Å². The van der Waals surface area contributed by atoms with Crippen LogP contribution >= 0.6 is 0 Å². The molecule has 0 fully saturated rings. The van der Waals surface area contributed by atoms with Gasteiger partial charge >= 0.3 is 0 Å². The van der Waals surface area contributed by atoms with Gasteiger partial charge in [-0.3, -0.25) is 4.98 Å². The van der Waals surface area contributed by atoms with Crippen molar-refractivity contribution in [1.82, 2.24) is 4.98 Å². The summed E-state index contributed by atoms with van der Waals surface area (Å²) in [6.07, 6.45) is 1.88. The summed E-state index contributed by atoms with van der Waals surface area (Å²) in [4.78, 5) is 4.64. The van der Waals surface area contributed by atoms with Crippen LogP contribution in [-0.2, 0) is 5.41 Å². The first-order valence-corrected chi connectivity index (χ1v) is 9.57. The number of aryl methyl sites for hydroxylation is 1. The Labute approximate surface area is 160 Å². The largest absolute Gasteiger partial charge is 0.256 e. The lowest BCUT2D eigenvalue weighted by atomic mass is 9.82. The van der Waals surface area contributed by atoms with E-state index >= 15 is 0 Å². The van der Waals surface area contributed by atoms with Crippen molar-refractivity contribution in [2.45, 2.75) is 33.1 Å². The molecule has 1 heteroatoms. The summed E-state index contributed by atoms with van der Waals surface area (Å²) in [5.74, 6) is 0. The standard InChI is InChI=1S/C26H23N/c1-16-13-17-8-9-18-14-20(26(2,3)4)15-19-10-11-21(25(17)24(18)19)23(16)22-7-5-6-12-27-22/h5-15H,1-4H3. The van der Waals surface area contributed by atoms with Crippen molar-refractivity contribution in [2.75, 3.05) is 0 Å². The average Bonchev–Trinajstić information content (AvgIpc) is 2.65. The molecule has 0 bridgehead atoms. The second kappa shape index (κ2) is 5.53. The predicted molar refractivity (Wildman–Crippen MR) is 117 cm³/mol. The highest BCUT2D eigenvalue weighted by Gasteiger charge is 2.19. The van der Waals surface area contributed by atoms with Gasteiger partial charge in [-0.05, 0) is 67.9 Å². The van der Waals surface area contributed by atoms with Crippen molar-refractivity contribution in [2.24, 2.45) is 0 Å². The minimum Gasteiger partial charge on any atom is -0.256 e. The van der Waals surface area contributed by atoms with Gasteiger partial charge in [0, 0.05) is 11.8 Å². The molecule has 4 aromatic carbocycles. The Bertz CT molecular complexity index is 1270. The fraction of sp³-hybridized carbons (Fsp3) is 0.192. The van der Waals surface area contributed by atoms with Crippen molar-refractivity contribution in [1.29, 1.82) is 0 Å². The molecule has 1 aromatic heterocycles. The van der Waals surface area contributed by atoms with Crippen LogP contribution in [0.15, 0.2) is 66.9 Å². The molecule has 1 heterocycles. The molecule has 0 aliphatic rings. The first kappa shape index (κ1) is 16.3. The Balaban J connectivity index is 1.95. The summed E-state index contributed by atoms with van der Waals surface area (Å²) in [7, 11) is 0. The minimum absolute atomic E-state index is 0.139. The maximum absolute atomic E-state index is 4.64. The number of hydrogen-bond acceptors (Lipinski definition) is 1. The molecule has 0 aliphatic carbocycles. The van der Waals surface area contributed by atoms with Crippen LogP contribution in [0.25, 0.3) is 43.6 Å². The SMILES string of the molecule is Cc1cc2ccc3cc(C(C)(C)C)cc4ccc(c1-c1ccccn1)c2c34. The number of benzene rings is 4. The van der Waals surface area contributed by atoms with E-state index in [0.29, 0.717) is 0 Å². The maximum Gasteiger partial charge on any atom is 0.0710 e. The van der Waals surface area contributed by atoms with Gasteiger partial charge in [0.2, 0.25) is 0 Å². The van der Waals surface area contributed by atoms with Crippen LogP contribution in [0.5, 0.6) is 0 Å². The Morgan fingerprint density at radius 1 is 0.741 bits per heavy atom. The fourth-order valence-corrected chi connectivity index (χ4v) is 4.32. The maximum atomic E-state index is 4.64. The van der Waals surface area contributed by atoms with Gasteiger partial charge in [0.15, 0.2) is 0 Å². The highest BCUT2D eigenvalue weighted by atomic mass is 14.7. The average molecular weight is 349 g/mol. The van der Waals surface area contributed by atoms with Crippen LogP contribution in [0.2, 0.25) is 0 Å². The van der Waals surface area contributed by atoms with Crippen LogP contribution in [-0.4, -0.2) is 4.98 Å². The van der Waals surface area contributed by atoms with E-state index in [4.69, 9.17) is 0 Å². The van der Waals surface area contributed by atoms with Crippen LogP contribution < -0.4 is 0 Å². The molecular weight excluding hydrogens is 326 g/mol. The van der Waals surface area contributed by atoms with Gasteiger partial charge < -0.3 is 0 Å². The Morgan fingerprint density at radius 3 is 2.04 bits per heavy atom. The molecule has 0 spiro atoms. The molecule has 0 unspecified atom stereocenters. The van der Waals surface area contributed by atoms with E-state index in [-0.39, 0.29) is 5.41 Å². The van der Waals surface area contributed by atoms with E-state index in [0.717, 1.165) is 5.69 Å². The van der Waals surface area contributed by atoms with Crippen LogP contribution in [0.1, 0.15) is 31.9 Å². The molecule has 0 aliphatic heterocycles. The number of aromatic nitrogens is 1. The second-order valence-corrected chi connectivity index (χ2v) is 8.61. The van der Waals surface area contributed by atoms with Gasteiger partial charge in [-0.1, -0.05) is 69.3 Å². The molecule has 0 saturated heterocycles. The van der Waals surface area contributed by atoms with Crippen molar-refractivity contribution in [3.8, 4) is 11.3 Å². The van der Waals surface area contributed by atoms with Crippen LogP contribution in [0, 0.1) is 6.92 Å². The normalized spacial score (nSPS) is 12.4. The summed E-state index contributed by atoms with van der Waals surface area (Å²) in [6.45, 7) is 9.03. The van der Waals surface area contributed by atoms with Gasteiger partial charge in [-0.25, -0.2) is 0 Å². The van der Waals surface area contributed by atoms with E-state index in [9.17, 15) is 0 Å².